The normalized spacial score (nSPS) is 23.8. The maximum atomic E-state index is 10.7. The Bertz CT molecular complexity index is 388. The molecule has 1 heterocycles. The molecule has 1 aliphatic rings. The Kier molecular flexibility index (Phi) is 4.07. The highest BCUT2D eigenvalue weighted by atomic mass is 32.2. The summed E-state index contributed by atoms with van der Waals surface area (Å²) in [5.41, 5.74) is 0.333. The lowest BCUT2D eigenvalue weighted by molar-refractivity contribution is 0.0692. The fourth-order valence-corrected chi connectivity index (χ4v) is 2.84. The molecule has 0 aromatic heterocycles. The van der Waals surface area contributed by atoms with Crippen molar-refractivity contribution in [3.63, 3.8) is 0 Å². The highest BCUT2D eigenvalue weighted by Gasteiger charge is 2.21. The van der Waals surface area contributed by atoms with Gasteiger partial charge in [0.25, 0.3) is 0 Å². The van der Waals surface area contributed by atoms with Crippen molar-refractivity contribution < 1.29 is 14.6 Å². The zero-order chi connectivity index (χ0) is 12.3. The smallest absolute Gasteiger partial charge is 0.335 e. The minimum Gasteiger partial charge on any atom is -0.478 e. The number of carbonyl (C=O) groups is 1. The Hall–Kier alpha value is -1.00. The van der Waals surface area contributed by atoms with Gasteiger partial charge in [-0.2, -0.15) is 0 Å². The van der Waals surface area contributed by atoms with Gasteiger partial charge in [0.1, 0.15) is 0 Å². The molecule has 0 saturated carbocycles. The number of carboxylic acids is 1. The first-order chi connectivity index (χ1) is 8.15. The van der Waals surface area contributed by atoms with Crippen LogP contribution in [0.15, 0.2) is 29.2 Å². The summed E-state index contributed by atoms with van der Waals surface area (Å²) in [6.45, 7) is 2.10. The zero-order valence-corrected chi connectivity index (χ0v) is 10.6. The first kappa shape index (κ1) is 12.5. The number of hydrogen-bond acceptors (Lipinski definition) is 3. The van der Waals surface area contributed by atoms with Crippen LogP contribution >= 0.6 is 11.8 Å². The number of carboxylic acid groups (broad SMARTS) is 1. The van der Waals surface area contributed by atoms with E-state index in [1.807, 2.05) is 12.1 Å². The second-order valence-electron chi connectivity index (χ2n) is 4.29. The molecule has 4 heteroatoms. The Morgan fingerprint density at radius 3 is 2.65 bits per heavy atom. The average Bonchev–Trinajstić information content (AvgIpc) is 2.73. The van der Waals surface area contributed by atoms with Crippen molar-refractivity contribution in [2.24, 2.45) is 0 Å². The van der Waals surface area contributed by atoms with Crippen LogP contribution in [0.25, 0.3) is 0 Å². The van der Waals surface area contributed by atoms with Crippen LogP contribution < -0.4 is 0 Å². The molecule has 0 aliphatic carbocycles. The second-order valence-corrected chi connectivity index (χ2v) is 5.38. The van der Waals surface area contributed by atoms with Gasteiger partial charge in [0, 0.05) is 10.6 Å². The number of ether oxygens (including phenoxy) is 1. The molecule has 2 unspecified atom stereocenters. The van der Waals surface area contributed by atoms with E-state index in [0.717, 1.165) is 23.5 Å². The third-order valence-electron chi connectivity index (χ3n) is 2.86. The van der Waals surface area contributed by atoms with E-state index in [2.05, 4.69) is 6.92 Å². The van der Waals surface area contributed by atoms with Crippen molar-refractivity contribution in [3.05, 3.63) is 29.8 Å². The van der Waals surface area contributed by atoms with E-state index < -0.39 is 5.97 Å². The standard InChI is InChI=1S/C13H16O3S/c1-9-2-5-11(16-9)8-17-12-6-3-10(4-7-12)13(14)15/h3-4,6-7,9,11H,2,5,8H2,1H3,(H,14,15). The van der Waals surface area contributed by atoms with Crippen molar-refractivity contribution >= 4 is 17.7 Å². The van der Waals surface area contributed by atoms with E-state index >= 15 is 0 Å². The number of benzene rings is 1. The Labute approximate surface area is 105 Å². The van der Waals surface area contributed by atoms with E-state index in [1.54, 1.807) is 23.9 Å². The van der Waals surface area contributed by atoms with Crippen LogP contribution in [-0.4, -0.2) is 29.0 Å². The van der Waals surface area contributed by atoms with Crippen LogP contribution in [0.1, 0.15) is 30.1 Å². The van der Waals surface area contributed by atoms with E-state index in [4.69, 9.17) is 9.84 Å². The molecule has 1 N–H and O–H groups in total. The number of thioether (sulfide) groups is 1. The zero-order valence-electron chi connectivity index (χ0n) is 9.76. The molecule has 1 aliphatic heterocycles. The molecule has 3 nitrogen and oxygen atoms in total. The van der Waals surface area contributed by atoms with Gasteiger partial charge in [0.15, 0.2) is 0 Å². The fraction of sp³-hybridized carbons (Fsp3) is 0.462. The van der Waals surface area contributed by atoms with Gasteiger partial charge in [-0.3, -0.25) is 0 Å². The third kappa shape index (κ3) is 3.48. The summed E-state index contributed by atoms with van der Waals surface area (Å²) in [4.78, 5) is 11.8. The van der Waals surface area contributed by atoms with Gasteiger partial charge in [0.05, 0.1) is 17.8 Å². The number of hydrogen-bond donors (Lipinski definition) is 1. The Morgan fingerprint density at radius 2 is 2.12 bits per heavy atom. The van der Waals surface area contributed by atoms with Crippen LogP contribution in [0.3, 0.4) is 0 Å². The summed E-state index contributed by atoms with van der Waals surface area (Å²) >= 11 is 1.72. The first-order valence-corrected chi connectivity index (χ1v) is 6.75. The van der Waals surface area contributed by atoms with Crippen LogP contribution in [0.2, 0.25) is 0 Å². The molecule has 0 spiro atoms. The van der Waals surface area contributed by atoms with Crippen molar-refractivity contribution in [2.75, 3.05) is 5.75 Å². The van der Waals surface area contributed by atoms with Crippen LogP contribution in [0.4, 0.5) is 0 Å². The topological polar surface area (TPSA) is 46.5 Å². The largest absolute Gasteiger partial charge is 0.478 e. The summed E-state index contributed by atoms with van der Waals surface area (Å²) in [6, 6.07) is 6.99. The molecule has 2 atom stereocenters. The second kappa shape index (κ2) is 5.56. The highest BCUT2D eigenvalue weighted by molar-refractivity contribution is 7.99. The molecule has 0 radical (unpaired) electrons. The molecule has 1 aromatic carbocycles. The first-order valence-electron chi connectivity index (χ1n) is 5.77. The summed E-state index contributed by atoms with van der Waals surface area (Å²) in [5, 5.41) is 8.78. The molecule has 0 bridgehead atoms. The Balaban J connectivity index is 1.85. The maximum absolute atomic E-state index is 10.7. The Morgan fingerprint density at radius 1 is 1.41 bits per heavy atom. The van der Waals surface area contributed by atoms with E-state index in [9.17, 15) is 4.79 Å². The molecule has 17 heavy (non-hydrogen) atoms. The molecular weight excluding hydrogens is 236 g/mol. The summed E-state index contributed by atoms with van der Waals surface area (Å²) in [5.74, 6) is 0.0611. The van der Waals surface area contributed by atoms with Crippen LogP contribution in [-0.2, 0) is 4.74 Å². The van der Waals surface area contributed by atoms with Crippen molar-refractivity contribution in [2.45, 2.75) is 36.9 Å². The average molecular weight is 252 g/mol. The summed E-state index contributed by atoms with van der Waals surface area (Å²) < 4.78 is 5.73. The van der Waals surface area contributed by atoms with Gasteiger partial charge < -0.3 is 9.84 Å². The lowest BCUT2D eigenvalue weighted by Gasteiger charge is -2.10. The predicted octanol–water partition coefficient (Wildman–Crippen LogP) is 3.04. The monoisotopic (exact) mass is 252 g/mol. The number of rotatable bonds is 4. The van der Waals surface area contributed by atoms with Gasteiger partial charge in [-0.05, 0) is 44.0 Å². The third-order valence-corrected chi connectivity index (χ3v) is 4.00. The van der Waals surface area contributed by atoms with Gasteiger partial charge in [-0.15, -0.1) is 11.8 Å². The van der Waals surface area contributed by atoms with E-state index in [-0.39, 0.29) is 0 Å². The lowest BCUT2D eigenvalue weighted by atomic mass is 10.2. The fourth-order valence-electron chi connectivity index (χ4n) is 1.89. The molecule has 1 aromatic rings. The summed E-state index contributed by atoms with van der Waals surface area (Å²) in [6.07, 6.45) is 2.99. The van der Waals surface area contributed by atoms with Crippen molar-refractivity contribution in [1.29, 1.82) is 0 Å². The van der Waals surface area contributed by atoms with Crippen LogP contribution in [0, 0.1) is 0 Å². The van der Waals surface area contributed by atoms with Gasteiger partial charge in [-0.1, -0.05) is 0 Å². The number of aromatic carboxylic acids is 1. The predicted molar refractivity (Wildman–Crippen MR) is 67.7 cm³/mol. The minimum absolute atomic E-state index is 0.333. The van der Waals surface area contributed by atoms with Gasteiger partial charge >= 0.3 is 5.97 Å². The molecule has 1 saturated heterocycles. The van der Waals surface area contributed by atoms with E-state index in [0.29, 0.717) is 17.8 Å². The molecular formula is C13H16O3S. The highest BCUT2D eigenvalue weighted by Crippen LogP contribution is 2.26. The molecule has 2 rings (SSSR count). The van der Waals surface area contributed by atoms with Crippen molar-refractivity contribution in [3.8, 4) is 0 Å². The lowest BCUT2D eigenvalue weighted by Crippen LogP contribution is -2.10. The SMILES string of the molecule is CC1CCC(CSc2ccc(C(=O)O)cc2)O1. The van der Waals surface area contributed by atoms with Crippen molar-refractivity contribution in [1.82, 2.24) is 0 Å². The minimum atomic E-state index is -0.880. The molecule has 0 amide bonds. The quantitative estimate of drug-likeness (QED) is 0.837. The molecule has 1 fully saturated rings. The molecule has 92 valence electrons. The summed E-state index contributed by atoms with van der Waals surface area (Å²) in [7, 11) is 0. The van der Waals surface area contributed by atoms with E-state index in [1.165, 1.54) is 0 Å². The van der Waals surface area contributed by atoms with Crippen LogP contribution in [0.5, 0.6) is 0 Å². The maximum Gasteiger partial charge on any atom is 0.335 e. The van der Waals surface area contributed by atoms with Gasteiger partial charge in [0.2, 0.25) is 0 Å². The van der Waals surface area contributed by atoms with Gasteiger partial charge in [-0.25, -0.2) is 4.79 Å².